The molecule has 0 aliphatic heterocycles. The molecule has 3 heteroatoms. The standard InChI is InChI=1S/C20H20O3/c21-20(22)15-5-9-18(10-6-15)23-17-7-3-14(4-8-17)19-12-13-1-2-16(19)11-13/h3-10,13,16,19H,1-2,11-12H2,(H,21,22)/t13-,16+,19?/m1/s1. The average molecular weight is 308 g/mol. The molecule has 4 rings (SSSR count). The SMILES string of the molecule is O=C(O)c1ccc(Oc2ccc(C3C[C@@H]4CC[C@H]3C4)cc2)cc1. The largest absolute Gasteiger partial charge is 0.478 e. The van der Waals surface area contributed by atoms with E-state index in [4.69, 9.17) is 9.84 Å². The zero-order valence-electron chi connectivity index (χ0n) is 12.9. The highest BCUT2D eigenvalue weighted by Crippen LogP contribution is 2.52. The van der Waals surface area contributed by atoms with E-state index in [0.29, 0.717) is 5.75 Å². The van der Waals surface area contributed by atoms with E-state index in [-0.39, 0.29) is 5.56 Å². The Kier molecular flexibility index (Phi) is 3.56. The molecule has 23 heavy (non-hydrogen) atoms. The summed E-state index contributed by atoms with van der Waals surface area (Å²) in [6.07, 6.45) is 5.58. The van der Waals surface area contributed by atoms with Crippen LogP contribution in [0, 0.1) is 11.8 Å². The topological polar surface area (TPSA) is 46.5 Å². The molecular weight excluding hydrogens is 288 g/mol. The third-order valence-corrected chi connectivity index (χ3v) is 5.38. The molecule has 0 amide bonds. The Morgan fingerprint density at radius 1 is 0.913 bits per heavy atom. The summed E-state index contributed by atoms with van der Waals surface area (Å²) >= 11 is 0. The summed E-state index contributed by atoms with van der Waals surface area (Å²) in [4.78, 5) is 10.8. The number of benzene rings is 2. The van der Waals surface area contributed by atoms with Gasteiger partial charge in [-0.15, -0.1) is 0 Å². The van der Waals surface area contributed by atoms with Crippen molar-refractivity contribution in [3.63, 3.8) is 0 Å². The Morgan fingerprint density at radius 3 is 2.09 bits per heavy atom. The van der Waals surface area contributed by atoms with Crippen molar-refractivity contribution in [2.75, 3.05) is 0 Å². The van der Waals surface area contributed by atoms with Gasteiger partial charge in [-0.05, 0) is 79.0 Å². The molecule has 2 saturated carbocycles. The van der Waals surface area contributed by atoms with Gasteiger partial charge in [-0.3, -0.25) is 0 Å². The van der Waals surface area contributed by atoms with Gasteiger partial charge in [-0.1, -0.05) is 18.6 Å². The summed E-state index contributed by atoms with van der Waals surface area (Å²) in [5.41, 5.74) is 1.70. The monoisotopic (exact) mass is 308 g/mol. The lowest BCUT2D eigenvalue weighted by atomic mass is 9.83. The quantitative estimate of drug-likeness (QED) is 0.856. The van der Waals surface area contributed by atoms with E-state index in [1.807, 2.05) is 12.1 Å². The molecule has 3 nitrogen and oxygen atoms in total. The number of rotatable bonds is 4. The first kappa shape index (κ1) is 14.3. The third-order valence-electron chi connectivity index (χ3n) is 5.38. The van der Waals surface area contributed by atoms with Crippen molar-refractivity contribution >= 4 is 5.97 Å². The number of aromatic carboxylic acids is 1. The predicted octanol–water partition coefficient (Wildman–Crippen LogP) is 5.08. The van der Waals surface area contributed by atoms with Crippen LogP contribution >= 0.6 is 0 Å². The molecule has 3 atom stereocenters. The number of hydrogen-bond donors (Lipinski definition) is 1. The molecule has 0 radical (unpaired) electrons. The number of carboxylic acids is 1. The van der Waals surface area contributed by atoms with Crippen molar-refractivity contribution < 1.29 is 14.6 Å². The van der Waals surface area contributed by atoms with Gasteiger partial charge in [0.1, 0.15) is 11.5 Å². The van der Waals surface area contributed by atoms with E-state index in [1.165, 1.54) is 31.2 Å². The van der Waals surface area contributed by atoms with Crippen LogP contribution in [0.25, 0.3) is 0 Å². The lowest BCUT2D eigenvalue weighted by Crippen LogP contribution is -2.08. The van der Waals surface area contributed by atoms with E-state index >= 15 is 0 Å². The molecule has 0 spiro atoms. The fourth-order valence-electron chi connectivity index (χ4n) is 4.24. The number of fused-ring (bicyclic) bond motifs is 2. The van der Waals surface area contributed by atoms with Crippen molar-refractivity contribution in [3.05, 3.63) is 59.7 Å². The minimum atomic E-state index is -0.924. The highest BCUT2D eigenvalue weighted by Gasteiger charge is 2.39. The average Bonchev–Trinajstić information content (AvgIpc) is 3.19. The van der Waals surface area contributed by atoms with Gasteiger partial charge in [0, 0.05) is 0 Å². The molecule has 0 aromatic heterocycles. The van der Waals surface area contributed by atoms with Gasteiger partial charge in [0.2, 0.25) is 0 Å². The molecule has 2 fully saturated rings. The summed E-state index contributed by atoms with van der Waals surface area (Å²) in [6.45, 7) is 0. The van der Waals surface area contributed by atoms with E-state index < -0.39 is 5.97 Å². The van der Waals surface area contributed by atoms with Gasteiger partial charge in [0.05, 0.1) is 5.56 Å². The normalized spacial score (nSPS) is 25.5. The van der Waals surface area contributed by atoms with E-state index in [9.17, 15) is 4.79 Å². The summed E-state index contributed by atoms with van der Waals surface area (Å²) in [7, 11) is 0. The molecule has 118 valence electrons. The van der Waals surface area contributed by atoms with Gasteiger partial charge in [-0.2, -0.15) is 0 Å². The molecular formula is C20H20O3. The zero-order chi connectivity index (χ0) is 15.8. The van der Waals surface area contributed by atoms with Crippen molar-refractivity contribution in [2.45, 2.75) is 31.6 Å². The maximum absolute atomic E-state index is 10.8. The smallest absolute Gasteiger partial charge is 0.335 e. The Hall–Kier alpha value is -2.29. The molecule has 2 aromatic rings. The molecule has 1 unspecified atom stereocenters. The molecule has 0 saturated heterocycles. The molecule has 2 bridgehead atoms. The molecule has 0 heterocycles. The lowest BCUT2D eigenvalue weighted by Gasteiger charge is -2.22. The van der Waals surface area contributed by atoms with Crippen molar-refractivity contribution in [1.82, 2.24) is 0 Å². The van der Waals surface area contributed by atoms with Gasteiger partial charge in [-0.25, -0.2) is 4.79 Å². The molecule has 2 aliphatic carbocycles. The molecule has 2 aliphatic rings. The van der Waals surface area contributed by atoms with Crippen LogP contribution in [0.4, 0.5) is 0 Å². The highest BCUT2D eigenvalue weighted by molar-refractivity contribution is 5.87. The first-order chi connectivity index (χ1) is 11.2. The summed E-state index contributed by atoms with van der Waals surface area (Å²) < 4.78 is 5.80. The maximum atomic E-state index is 10.8. The van der Waals surface area contributed by atoms with Gasteiger partial charge >= 0.3 is 5.97 Å². The fourth-order valence-corrected chi connectivity index (χ4v) is 4.24. The second-order valence-electron chi connectivity index (χ2n) is 6.78. The Balaban J connectivity index is 1.45. The van der Waals surface area contributed by atoms with Gasteiger partial charge < -0.3 is 9.84 Å². The van der Waals surface area contributed by atoms with Crippen LogP contribution in [0.5, 0.6) is 11.5 Å². The van der Waals surface area contributed by atoms with Gasteiger partial charge in [0.25, 0.3) is 0 Å². The predicted molar refractivity (Wildman–Crippen MR) is 88.1 cm³/mol. The summed E-state index contributed by atoms with van der Waals surface area (Å²) in [6, 6.07) is 14.9. The van der Waals surface area contributed by atoms with Crippen molar-refractivity contribution in [1.29, 1.82) is 0 Å². The third kappa shape index (κ3) is 2.83. The van der Waals surface area contributed by atoms with Crippen LogP contribution in [-0.2, 0) is 0 Å². The van der Waals surface area contributed by atoms with Crippen molar-refractivity contribution in [3.8, 4) is 11.5 Å². The minimum Gasteiger partial charge on any atom is -0.478 e. The van der Waals surface area contributed by atoms with E-state index in [1.54, 1.807) is 24.3 Å². The second-order valence-corrected chi connectivity index (χ2v) is 6.78. The first-order valence-corrected chi connectivity index (χ1v) is 8.30. The van der Waals surface area contributed by atoms with E-state index in [0.717, 1.165) is 23.5 Å². The fraction of sp³-hybridized carbons (Fsp3) is 0.350. The second kappa shape index (κ2) is 5.73. The maximum Gasteiger partial charge on any atom is 0.335 e. The number of hydrogen-bond acceptors (Lipinski definition) is 2. The molecule has 2 aromatic carbocycles. The number of ether oxygens (including phenoxy) is 1. The van der Waals surface area contributed by atoms with Crippen LogP contribution in [0.15, 0.2) is 48.5 Å². The Labute approximate surface area is 135 Å². The van der Waals surface area contributed by atoms with E-state index in [2.05, 4.69) is 12.1 Å². The summed E-state index contributed by atoms with van der Waals surface area (Å²) in [5.74, 6) is 3.09. The van der Waals surface area contributed by atoms with Crippen LogP contribution in [0.1, 0.15) is 47.5 Å². The van der Waals surface area contributed by atoms with Crippen LogP contribution in [-0.4, -0.2) is 11.1 Å². The number of carbonyl (C=O) groups is 1. The summed E-state index contributed by atoms with van der Waals surface area (Å²) in [5, 5.41) is 8.90. The molecule has 1 N–H and O–H groups in total. The Bertz CT molecular complexity index is 703. The van der Waals surface area contributed by atoms with Crippen LogP contribution < -0.4 is 4.74 Å². The van der Waals surface area contributed by atoms with Gasteiger partial charge in [0.15, 0.2) is 0 Å². The first-order valence-electron chi connectivity index (χ1n) is 8.30. The number of carboxylic acid groups (broad SMARTS) is 1. The van der Waals surface area contributed by atoms with Crippen LogP contribution in [0.3, 0.4) is 0 Å². The minimum absolute atomic E-state index is 0.268. The Morgan fingerprint density at radius 2 is 1.57 bits per heavy atom. The van der Waals surface area contributed by atoms with Crippen molar-refractivity contribution in [2.24, 2.45) is 11.8 Å². The zero-order valence-corrected chi connectivity index (χ0v) is 12.9. The highest BCUT2D eigenvalue weighted by atomic mass is 16.5. The lowest BCUT2D eigenvalue weighted by molar-refractivity contribution is 0.0697. The van der Waals surface area contributed by atoms with Crippen LogP contribution in [0.2, 0.25) is 0 Å².